The summed E-state index contributed by atoms with van der Waals surface area (Å²) in [5, 5.41) is 5.99. The Morgan fingerprint density at radius 3 is 2.63 bits per heavy atom. The van der Waals surface area contributed by atoms with E-state index in [0.29, 0.717) is 6.54 Å². The van der Waals surface area contributed by atoms with Crippen LogP contribution in [0.5, 0.6) is 11.5 Å². The van der Waals surface area contributed by atoms with E-state index in [1.165, 1.54) is 0 Å². The van der Waals surface area contributed by atoms with Gasteiger partial charge in [0.15, 0.2) is 0 Å². The van der Waals surface area contributed by atoms with Gasteiger partial charge in [0.1, 0.15) is 11.5 Å². The monoisotopic (exact) mass is 286 g/mol. The molecule has 1 aromatic carbocycles. The smallest absolute Gasteiger partial charge is 0.225 e. The van der Waals surface area contributed by atoms with E-state index >= 15 is 0 Å². The summed E-state index contributed by atoms with van der Waals surface area (Å²) in [6.45, 7) is 2.01. The van der Waals surface area contributed by atoms with Gasteiger partial charge in [-0.05, 0) is 12.1 Å². The SMILES string of the molecule is COc1ccc(CNC(=O)C2CNC2)c(OC)c1.Cl. The molecule has 5 nitrogen and oxygen atoms in total. The van der Waals surface area contributed by atoms with Crippen molar-refractivity contribution in [3.05, 3.63) is 23.8 Å². The maximum absolute atomic E-state index is 11.7. The lowest BCUT2D eigenvalue weighted by atomic mass is 10.0. The quantitative estimate of drug-likeness (QED) is 0.846. The van der Waals surface area contributed by atoms with Crippen LogP contribution in [-0.4, -0.2) is 33.2 Å². The number of hydrogen-bond donors (Lipinski definition) is 2. The second-order valence-electron chi connectivity index (χ2n) is 4.25. The highest BCUT2D eigenvalue weighted by Crippen LogP contribution is 2.24. The van der Waals surface area contributed by atoms with Crippen molar-refractivity contribution in [2.24, 2.45) is 5.92 Å². The normalized spacial score (nSPS) is 14.0. The number of carbonyl (C=O) groups excluding carboxylic acids is 1. The summed E-state index contributed by atoms with van der Waals surface area (Å²) in [5.41, 5.74) is 0.943. The van der Waals surface area contributed by atoms with E-state index in [0.717, 1.165) is 30.2 Å². The zero-order chi connectivity index (χ0) is 13.0. The summed E-state index contributed by atoms with van der Waals surface area (Å²) < 4.78 is 10.4. The molecule has 1 saturated heterocycles. The van der Waals surface area contributed by atoms with E-state index in [4.69, 9.17) is 9.47 Å². The van der Waals surface area contributed by atoms with E-state index < -0.39 is 0 Å². The minimum absolute atomic E-state index is 0. The number of ether oxygens (including phenoxy) is 2. The van der Waals surface area contributed by atoms with Gasteiger partial charge in [-0.15, -0.1) is 12.4 Å². The fourth-order valence-electron chi connectivity index (χ4n) is 1.80. The van der Waals surface area contributed by atoms with Gasteiger partial charge in [-0.1, -0.05) is 0 Å². The van der Waals surface area contributed by atoms with Gasteiger partial charge in [-0.2, -0.15) is 0 Å². The van der Waals surface area contributed by atoms with Gasteiger partial charge in [0.05, 0.1) is 20.1 Å². The van der Waals surface area contributed by atoms with Gasteiger partial charge < -0.3 is 20.1 Å². The first kappa shape index (κ1) is 15.6. The van der Waals surface area contributed by atoms with E-state index in [2.05, 4.69) is 10.6 Å². The molecule has 0 bridgehead atoms. The topological polar surface area (TPSA) is 59.6 Å². The molecular weight excluding hydrogens is 268 g/mol. The molecule has 19 heavy (non-hydrogen) atoms. The van der Waals surface area contributed by atoms with Gasteiger partial charge >= 0.3 is 0 Å². The molecule has 1 aliphatic heterocycles. The summed E-state index contributed by atoms with van der Waals surface area (Å²) in [6.07, 6.45) is 0. The van der Waals surface area contributed by atoms with Crippen LogP contribution in [0.25, 0.3) is 0 Å². The highest BCUT2D eigenvalue weighted by Gasteiger charge is 2.24. The zero-order valence-corrected chi connectivity index (χ0v) is 11.9. The Kier molecular flexibility index (Phi) is 5.92. The average molecular weight is 287 g/mol. The van der Waals surface area contributed by atoms with Crippen molar-refractivity contribution in [3.8, 4) is 11.5 Å². The second kappa shape index (κ2) is 7.21. The Labute approximate surface area is 119 Å². The van der Waals surface area contributed by atoms with Crippen LogP contribution >= 0.6 is 12.4 Å². The average Bonchev–Trinajstić information content (AvgIpc) is 2.34. The van der Waals surface area contributed by atoms with Crippen LogP contribution in [0.4, 0.5) is 0 Å². The van der Waals surface area contributed by atoms with Gasteiger partial charge in [0, 0.05) is 31.3 Å². The molecule has 2 rings (SSSR count). The number of hydrogen-bond acceptors (Lipinski definition) is 4. The lowest BCUT2D eigenvalue weighted by Gasteiger charge is -2.25. The Bertz CT molecular complexity index is 436. The third-order valence-electron chi connectivity index (χ3n) is 3.10. The van der Waals surface area contributed by atoms with E-state index in [-0.39, 0.29) is 24.2 Å². The third-order valence-corrected chi connectivity index (χ3v) is 3.10. The number of benzene rings is 1. The lowest BCUT2D eigenvalue weighted by Crippen LogP contribution is -2.50. The van der Waals surface area contributed by atoms with Crippen LogP contribution in [0.15, 0.2) is 18.2 Å². The standard InChI is InChI=1S/C13H18N2O3.ClH/c1-17-11-4-3-9(12(5-11)18-2)8-15-13(16)10-6-14-7-10;/h3-5,10,14H,6-8H2,1-2H3,(H,15,16);1H. The highest BCUT2D eigenvalue weighted by molar-refractivity contribution is 5.85. The molecule has 1 aromatic rings. The largest absolute Gasteiger partial charge is 0.497 e. The third kappa shape index (κ3) is 3.75. The molecule has 0 aliphatic carbocycles. The van der Waals surface area contributed by atoms with Crippen molar-refractivity contribution in [1.82, 2.24) is 10.6 Å². The van der Waals surface area contributed by atoms with Crippen LogP contribution in [0, 0.1) is 5.92 Å². The first-order valence-corrected chi connectivity index (χ1v) is 5.94. The summed E-state index contributed by atoms with van der Waals surface area (Å²) in [4.78, 5) is 11.7. The van der Waals surface area contributed by atoms with Crippen LogP contribution in [-0.2, 0) is 11.3 Å². The van der Waals surface area contributed by atoms with E-state index in [9.17, 15) is 4.79 Å². The van der Waals surface area contributed by atoms with Crippen LogP contribution in [0.3, 0.4) is 0 Å². The molecule has 1 aliphatic rings. The molecular formula is C13H19ClN2O3. The molecule has 0 radical (unpaired) electrons. The molecule has 0 saturated carbocycles. The highest BCUT2D eigenvalue weighted by atomic mass is 35.5. The predicted octanol–water partition coefficient (Wildman–Crippen LogP) is 0.961. The van der Waals surface area contributed by atoms with Crippen molar-refractivity contribution in [2.45, 2.75) is 6.54 Å². The molecule has 2 N–H and O–H groups in total. The van der Waals surface area contributed by atoms with E-state index in [1.54, 1.807) is 14.2 Å². The number of rotatable bonds is 5. The van der Waals surface area contributed by atoms with Crippen molar-refractivity contribution < 1.29 is 14.3 Å². The number of nitrogens with one attached hydrogen (secondary N) is 2. The number of methoxy groups -OCH3 is 2. The maximum atomic E-state index is 11.7. The molecule has 0 spiro atoms. The first-order valence-electron chi connectivity index (χ1n) is 5.94. The van der Waals surface area contributed by atoms with Gasteiger partial charge in [-0.25, -0.2) is 0 Å². The lowest BCUT2D eigenvalue weighted by molar-refractivity contribution is -0.126. The zero-order valence-electron chi connectivity index (χ0n) is 11.1. The summed E-state index contributed by atoms with van der Waals surface area (Å²) in [7, 11) is 3.22. The van der Waals surface area contributed by atoms with Crippen molar-refractivity contribution in [1.29, 1.82) is 0 Å². The molecule has 1 fully saturated rings. The summed E-state index contributed by atoms with van der Waals surface area (Å²) in [5.74, 6) is 1.66. The van der Waals surface area contributed by atoms with Crippen LogP contribution in [0.1, 0.15) is 5.56 Å². The Morgan fingerprint density at radius 1 is 1.37 bits per heavy atom. The Hall–Kier alpha value is -1.46. The fraction of sp³-hybridized carbons (Fsp3) is 0.462. The molecule has 6 heteroatoms. The van der Waals surface area contributed by atoms with Crippen molar-refractivity contribution in [2.75, 3.05) is 27.3 Å². The molecule has 0 atom stereocenters. The van der Waals surface area contributed by atoms with Crippen molar-refractivity contribution in [3.63, 3.8) is 0 Å². The number of amides is 1. The maximum Gasteiger partial charge on any atom is 0.225 e. The fourth-order valence-corrected chi connectivity index (χ4v) is 1.80. The Morgan fingerprint density at radius 2 is 2.11 bits per heavy atom. The van der Waals surface area contributed by atoms with Crippen molar-refractivity contribution >= 4 is 18.3 Å². The number of halogens is 1. The van der Waals surface area contributed by atoms with E-state index in [1.807, 2.05) is 18.2 Å². The van der Waals surface area contributed by atoms with Crippen LogP contribution < -0.4 is 20.1 Å². The minimum Gasteiger partial charge on any atom is -0.497 e. The van der Waals surface area contributed by atoms with Crippen LogP contribution in [0.2, 0.25) is 0 Å². The second-order valence-corrected chi connectivity index (χ2v) is 4.25. The molecule has 1 heterocycles. The molecule has 106 valence electrons. The van der Waals surface area contributed by atoms with Gasteiger partial charge in [0.2, 0.25) is 5.91 Å². The first-order chi connectivity index (χ1) is 8.74. The summed E-state index contributed by atoms with van der Waals surface area (Å²) in [6, 6.07) is 5.57. The molecule has 0 unspecified atom stereocenters. The predicted molar refractivity (Wildman–Crippen MR) is 75.0 cm³/mol. The Balaban J connectivity index is 0.00000180. The van der Waals surface area contributed by atoms with Gasteiger partial charge in [0.25, 0.3) is 0 Å². The molecule has 0 aromatic heterocycles. The minimum atomic E-state index is 0. The molecule has 1 amide bonds. The number of carbonyl (C=O) groups is 1. The van der Waals surface area contributed by atoms with Gasteiger partial charge in [-0.3, -0.25) is 4.79 Å². The summed E-state index contributed by atoms with van der Waals surface area (Å²) >= 11 is 0.